The molecule has 0 saturated heterocycles. The van der Waals surface area contributed by atoms with Gasteiger partial charge in [0.05, 0.1) is 13.0 Å². The first-order valence-electron chi connectivity index (χ1n) is 4.81. The highest BCUT2D eigenvalue weighted by Crippen LogP contribution is 2.15. The summed E-state index contributed by atoms with van der Waals surface area (Å²) in [5.41, 5.74) is 0.770. The van der Waals surface area contributed by atoms with Gasteiger partial charge in [-0.15, -0.1) is 0 Å². The third-order valence-corrected chi connectivity index (χ3v) is 2.08. The van der Waals surface area contributed by atoms with E-state index in [0.29, 0.717) is 0 Å². The zero-order chi connectivity index (χ0) is 12.0. The van der Waals surface area contributed by atoms with Gasteiger partial charge in [-0.2, -0.15) is 0 Å². The molecular formula is C11H13NO4. The summed E-state index contributed by atoms with van der Waals surface area (Å²) in [4.78, 5) is 21.1. The number of nitrogens with one attached hydrogen (secondary N) is 1. The number of carboxylic acids is 2. The Bertz CT molecular complexity index is 364. The van der Waals surface area contributed by atoms with Gasteiger partial charge in [0.15, 0.2) is 0 Å². The lowest BCUT2D eigenvalue weighted by atomic mass is 10.0. The van der Waals surface area contributed by atoms with E-state index < -0.39 is 18.0 Å². The molecule has 1 aromatic carbocycles. The molecule has 0 heterocycles. The molecule has 0 amide bonds. The molecule has 0 aliphatic carbocycles. The monoisotopic (exact) mass is 223 g/mol. The Morgan fingerprint density at radius 1 is 1.12 bits per heavy atom. The first kappa shape index (κ1) is 12.2. The van der Waals surface area contributed by atoms with Crippen LogP contribution in [0, 0.1) is 0 Å². The molecule has 1 aromatic rings. The van der Waals surface area contributed by atoms with Crippen molar-refractivity contribution in [2.24, 2.45) is 0 Å². The second kappa shape index (κ2) is 5.87. The van der Waals surface area contributed by atoms with Crippen LogP contribution < -0.4 is 5.32 Å². The fourth-order valence-electron chi connectivity index (χ4n) is 1.38. The second-order valence-corrected chi connectivity index (χ2v) is 3.34. The third-order valence-electron chi connectivity index (χ3n) is 2.08. The molecule has 1 rings (SSSR count). The van der Waals surface area contributed by atoms with Gasteiger partial charge in [0, 0.05) is 6.04 Å². The number of carbonyl (C=O) groups is 2. The van der Waals surface area contributed by atoms with Gasteiger partial charge in [-0.3, -0.25) is 14.9 Å². The largest absolute Gasteiger partial charge is 0.481 e. The lowest BCUT2D eigenvalue weighted by Crippen LogP contribution is -2.29. The van der Waals surface area contributed by atoms with Gasteiger partial charge in [0.2, 0.25) is 0 Å². The van der Waals surface area contributed by atoms with E-state index in [1.165, 1.54) is 0 Å². The Morgan fingerprint density at radius 2 is 1.75 bits per heavy atom. The predicted molar refractivity (Wildman–Crippen MR) is 57.1 cm³/mol. The van der Waals surface area contributed by atoms with Crippen LogP contribution in [0.5, 0.6) is 0 Å². The molecule has 1 atom stereocenters. The van der Waals surface area contributed by atoms with E-state index in [9.17, 15) is 9.59 Å². The summed E-state index contributed by atoms with van der Waals surface area (Å²) in [5, 5.41) is 19.9. The number of rotatable bonds is 6. The molecule has 0 aliphatic heterocycles. The van der Waals surface area contributed by atoms with Crippen molar-refractivity contribution in [1.82, 2.24) is 5.32 Å². The van der Waals surface area contributed by atoms with Gasteiger partial charge in [-0.05, 0) is 5.56 Å². The molecule has 0 radical (unpaired) electrons. The zero-order valence-corrected chi connectivity index (χ0v) is 8.59. The number of hydrogen-bond acceptors (Lipinski definition) is 3. The van der Waals surface area contributed by atoms with Crippen molar-refractivity contribution in [2.45, 2.75) is 12.5 Å². The van der Waals surface area contributed by atoms with Crippen LogP contribution in [0.4, 0.5) is 0 Å². The topological polar surface area (TPSA) is 86.6 Å². The highest BCUT2D eigenvalue weighted by atomic mass is 16.4. The van der Waals surface area contributed by atoms with Crippen molar-refractivity contribution >= 4 is 11.9 Å². The summed E-state index contributed by atoms with van der Waals surface area (Å²) in [6, 6.07) is 8.44. The van der Waals surface area contributed by atoms with Crippen LogP contribution in [0.15, 0.2) is 30.3 Å². The summed E-state index contributed by atoms with van der Waals surface area (Å²) >= 11 is 0. The maximum absolute atomic E-state index is 10.6. The lowest BCUT2D eigenvalue weighted by molar-refractivity contribution is -0.139. The highest BCUT2D eigenvalue weighted by Gasteiger charge is 2.15. The molecule has 16 heavy (non-hydrogen) atoms. The Labute approximate surface area is 92.7 Å². The molecule has 5 heteroatoms. The SMILES string of the molecule is O=C(O)CNC(CC(=O)O)c1ccccc1. The summed E-state index contributed by atoms with van der Waals surface area (Å²) < 4.78 is 0. The van der Waals surface area contributed by atoms with Gasteiger partial charge >= 0.3 is 11.9 Å². The normalized spacial score (nSPS) is 12.0. The molecule has 3 N–H and O–H groups in total. The molecular weight excluding hydrogens is 210 g/mol. The molecule has 0 spiro atoms. The van der Waals surface area contributed by atoms with Crippen molar-refractivity contribution in [2.75, 3.05) is 6.54 Å². The van der Waals surface area contributed by atoms with E-state index in [1.54, 1.807) is 24.3 Å². The number of carboxylic acid groups (broad SMARTS) is 2. The average molecular weight is 223 g/mol. The minimum atomic E-state index is -1.01. The second-order valence-electron chi connectivity index (χ2n) is 3.34. The average Bonchev–Trinajstić information content (AvgIpc) is 2.25. The van der Waals surface area contributed by atoms with Crippen molar-refractivity contribution in [3.8, 4) is 0 Å². The maximum Gasteiger partial charge on any atom is 0.317 e. The zero-order valence-electron chi connectivity index (χ0n) is 8.59. The Hall–Kier alpha value is -1.88. The maximum atomic E-state index is 10.6. The number of hydrogen-bond donors (Lipinski definition) is 3. The standard InChI is InChI=1S/C11H13NO4/c13-10(14)6-9(12-7-11(15)16)8-4-2-1-3-5-8/h1-5,9,12H,6-7H2,(H,13,14)(H,15,16). The smallest absolute Gasteiger partial charge is 0.317 e. The molecule has 1 unspecified atom stereocenters. The first-order chi connectivity index (χ1) is 7.59. The fraction of sp³-hybridized carbons (Fsp3) is 0.273. The lowest BCUT2D eigenvalue weighted by Gasteiger charge is -2.15. The molecule has 0 saturated carbocycles. The minimum absolute atomic E-state index is 0.142. The van der Waals surface area contributed by atoms with Gasteiger partial charge < -0.3 is 10.2 Å². The predicted octanol–water partition coefficient (Wildman–Crippen LogP) is 0.877. The van der Waals surface area contributed by atoms with Crippen LogP contribution in [0.25, 0.3) is 0 Å². The first-order valence-corrected chi connectivity index (χ1v) is 4.81. The van der Waals surface area contributed by atoms with E-state index in [4.69, 9.17) is 10.2 Å². The van der Waals surface area contributed by atoms with Crippen LogP contribution in [0.2, 0.25) is 0 Å². The molecule has 0 bridgehead atoms. The van der Waals surface area contributed by atoms with Crippen LogP contribution in [-0.4, -0.2) is 28.7 Å². The van der Waals surface area contributed by atoms with Gasteiger partial charge in [0.1, 0.15) is 0 Å². The van der Waals surface area contributed by atoms with Crippen molar-refractivity contribution in [3.63, 3.8) is 0 Å². The summed E-state index contributed by atoms with van der Waals surface area (Å²) in [6.07, 6.45) is -0.142. The molecule has 0 fully saturated rings. The van der Waals surface area contributed by atoms with E-state index in [2.05, 4.69) is 5.32 Å². The van der Waals surface area contributed by atoms with Crippen molar-refractivity contribution in [1.29, 1.82) is 0 Å². The Morgan fingerprint density at radius 3 is 2.25 bits per heavy atom. The minimum Gasteiger partial charge on any atom is -0.481 e. The van der Waals surface area contributed by atoms with E-state index in [-0.39, 0.29) is 13.0 Å². The van der Waals surface area contributed by atoms with Crippen LogP contribution >= 0.6 is 0 Å². The molecule has 5 nitrogen and oxygen atoms in total. The third kappa shape index (κ3) is 4.10. The van der Waals surface area contributed by atoms with Crippen molar-refractivity contribution in [3.05, 3.63) is 35.9 Å². The molecule has 86 valence electrons. The van der Waals surface area contributed by atoms with E-state index in [1.807, 2.05) is 6.07 Å². The quantitative estimate of drug-likeness (QED) is 0.666. The van der Waals surface area contributed by atoms with Crippen molar-refractivity contribution < 1.29 is 19.8 Å². The van der Waals surface area contributed by atoms with Gasteiger partial charge in [-0.1, -0.05) is 30.3 Å². The van der Waals surface area contributed by atoms with Gasteiger partial charge in [0.25, 0.3) is 0 Å². The van der Waals surface area contributed by atoms with E-state index >= 15 is 0 Å². The fourth-order valence-corrected chi connectivity index (χ4v) is 1.38. The van der Waals surface area contributed by atoms with Crippen LogP contribution in [-0.2, 0) is 9.59 Å². The number of benzene rings is 1. The van der Waals surface area contributed by atoms with Gasteiger partial charge in [-0.25, -0.2) is 0 Å². The Balaban J connectivity index is 2.71. The van der Waals surface area contributed by atoms with Crippen LogP contribution in [0.1, 0.15) is 18.0 Å². The molecule has 0 aromatic heterocycles. The number of aliphatic carboxylic acids is 2. The summed E-state index contributed by atoms with van der Waals surface area (Å²) in [5.74, 6) is -1.97. The Kier molecular flexibility index (Phi) is 4.47. The highest BCUT2D eigenvalue weighted by molar-refractivity contribution is 5.70. The summed E-state index contributed by atoms with van der Waals surface area (Å²) in [7, 11) is 0. The molecule has 0 aliphatic rings. The van der Waals surface area contributed by atoms with E-state index in [0.717, 1.165) is 5.56 Å². The summed E-state index contributed by atoms with van der Waals surface area (Å²) in [6.45, 7) is -0.257. The van der Waals surface area contributed by atoms with Crippen LogP contribution in [0.3, 0.4) is 0 Å².